The first kappa shape index (κ1) is 21.7. The number of nitrogens with zero attached hydrogens (tertiary/aromatic N) is 2. The van der Waals surface area contributed by atoms with Gasteiger partial charge >= 0.3 is 0 Å². The van der Waals surface area contributed by atoms with Crippen molar-refractivity contribution in [1.82, 2.24) is 0 Å². The van der Waals surface area contributed by atoms with Gasteiger partial charge in [0.05, 0.1) is 12.2 Å². The molecule has 2 heterocycles. The minimum atomic E-state index is -4.20. The summed E-state index contributed by atoms with van der Waals surface area (Å²) in [5.74, 6) is -2.04. The van der Waals surface area contributed by atoms with Gasteiger partial charge in [-0.15, -0.1) is 0 Å². The van der Waals surface area contributed by atoms with Gasteiger partial charge in [-0.05, 0) is 55.3 Å². The Morgan fingerprint density at radius 3 is 2.39 bits per heavy atom. The minimum absolute atomic E-state index is 0.198. The second-order valence-electron chi connectivity index (χ2n) is 8.45. The van der Waals surface area contributed by atoms with Crippen molar-refractivity contribution in [3.63, 3.8) is 0 Å². The molecule has 0 unspecified atom stereocenters. The monoisotopic (exact) mass is 480 g/mol. The number of halogens is 1. The van der Waals surface area contributed by atoms with Crippen LogP contribution in [0.25, 0.3) is 0 Å². The Kier molecular flexibility index (Phi) is 4.88. The molecule has 1 saturated heterocycles. The molecule has 3 aromatic carbocycles. The lowest BCUT2D eigenvalue weighted by atomic mass is 10.0. The number of sulfone groups is 1. The first-order valence-corrected chi connectivity index (χ1v) is 12.5. The Balaban J connectivity index is 1.74. The van der Waals surface area contributed by atoms with E-state index in [1.54, 1.807) is 48.5 Å². The van der Waals surface area contributed by atoms with Crippen LogP contribution in [0.4, 0.5) is 11.4 Å². The summed E-state index contributed by atoms with van der Waals surface area (Å²) in [7, 11) is -4.20. The number of rotatable bonds is 3. The molecule has 8 heteroatoms. The second-order valence-corrected chi connectivity index (χ2v) is 11.0. The second kappa shape index (κ2) is 7.43. The molecule has 2 aliphatic heterocycles. The predicted molar refractivity (Wildman–Crippen MR) is 128 cm³/mol. The first-order valence-electron chi connectivity index (χ1n) is 10.5. The summed E-state index contributed by atoms with van der Waals surface area (Å²) in [5, 5.41) is 0.442. The van der Waals surface area contributed by atoms with Gasteiger partial charge in [0.2, 0.25) is 5.91 Å². The smallest absolute Gasteiger partial charge is 0.274 e. The summed E-state index contributed by atoms with van der Waals surface area (Å²) in [6, 6.07) is 19.0. The molecule has 0 N–H and O–H groups in total. The first-order chi connectivity index (χ1) is 15.7. The van der Waals surface area contributed by atoms with Crippen LogP contribution < -0.4 is 9.80 Å². The summed E-state index contributed by atoms with van der Waals surface area (Å²) < 4.78 is 27.2. The van der Waals surface area contributed by atoms with Gasteiger partial charge in [-0.1, -0.05) is 53.6 Å². The van der Waals surface area contributed by atoms with E-state index in [1.807, 2.05) is 32.0 Å². The Hall–Kier alpha value is -3.16. The molecular formula is C25H21ClN2O4S. The maximum Gasteiger partial charge on any atom is 0.274 e. The van der Waals surface area contributed by atoms with Crippen LogP contribution >= 0.6 is 11.6 Å². The molecule has 0 aliphatic carbocycles. The van der Waals surface area contributed by atoms with E-state index in [-0.39, 0.29) is 6.54 Å². The average molecular weight is 481 g/mol. The van der Waals surface area contributed by atoms with Crippen LogP contribution in [0.2, 0.25) is 5.02 Å². The highest BCUT2D eigenvalue weighted by atomic mass is 35.5. The summed E-state index contributed by atoms with van der Waals surface area (Å²) in [5.41, 5.74) is 4.03. The summed E-state index contributed by atoms with van der Waals surface area (Å²) in [6.45, 7) is 4.11. The fourth-order valence-corrected chi connectivity index (χ4v) is 6.94. The zero-order valence-electron chi connectivity index (χ0n) is 18.1. The highest BCUT2D eigenvalue weighted by Crippen LogP contribution is 2.52. The SMILES string of the molecule is Cc1ccc(C)c(CN2C(=O)[C@@]3(c4ccccc42)N(c2ccc(Cl)cc2)C(=O)CS3(=O)=O)c1. The fourth-order valence-electron chi connectivity index (χ4n) is 4.78. The molecule has 1 spiro atoms. The van der Waals surface area contributed by atoms with Crippen LogP contribution in [0.1, 0.15) is 22.3 Å². The van der Waals surface area contributed by atoms with Crippen molar-refractivity contribution < 1.29 is 18.0 Å². The lowest BCUT2D eigenvalue weighted by Crippen LogP contribution is -2.54. The van der Waals surface area contributed by atoms with Gasteiger partial charge in [0.15, 0.2) is 9.84 Å². The average Bonchev–Trinajstić information content (AvgIpc) is 3.14. The molecule has 5 rings (SSSR count). The largest absolute Gasteiger partial charge is 0.304 e. The molecule has 2 amide bonds. The topological polar surface area (TPSA) is 74.8 Å². The van der Waals surface area contributed by atoms with Crippen LogP contribution in [0.3, 0.4) is 0 Å². The summed E-state index contributed by atoms with van der Waals surface area (Å²) >= 11 is 6.02. The van der Waals surface area contributed by atoms with Gasteiger partial charge < -0.3 is 4.90 Å². The number of hydrogen-bond donors (Lipinski definition) is 0. The van der Waals surface area contributed by atoms with Gasteiger partial charge in [-0.3, -0.25) is 14.5 Å². The quantitative estimate of drug-likeness (QED) is 0.565. The Morgan fingerprint density at radius 1 is 0.970 bits per heavy atom. The highest BCUT2D eigenvalue weighted by Gasteiger charge is 2.69. The highest BCUT2D eigenvalue weighted by molar-refractivity contribution is 7.94. The van der Waals surface area contributed by atoms with Crippen molar-refractivity contribution in [2.45, 2.75) is 25.3 Å². The molecule has 0 saturated carbocycles. The lowest BCUT2D eigenvalue weighted by Gasteiger charge is -2.32. The van der Waals surface area contributed by atoms with Crippen LogP contribution in [0.15, 0.2) is 66.7 Å². The molecule has 1 atom stereocenters. The number of aryl methyl sites for hydroxylation is 2. The lowest BCUT2D eigenvalue weighted by molar-refractivity contribution is -0.123. The van der Waals surface area contributed by atoms with Crippen LogP contribution in [0.5, 0.6) is 0 Å². The zero-order valence-corrected chi connectivity index (χ0v) is 19.7. The van der Waals surface area contributed by atoms with Crippen LogP contribution in [0, 0.1) is 13.8 Å². The summed E-state index contributed by atoms with van der Waals surface area (Å²) in [4.78, 5) is 27.7. The maximum absolute atomic E-state index is 14.1. The Morgan fingerprint density at radius 2 is 1.67 bits per heavy atom. The minimum Gasteiger partial charge on any atom is -0.304 e. The number of carbonyl (C=O) groups is 2. The molecule has 0 aromatic heterocycles. The predicted octanol–water partition coefficient (Wildman–Crippen LogP) is 4.12. The van der Waals surface area contributed by atoms with Crippen molar-refractivity contribution in [3.05, 3.63) is 94.0 Å². The van der Waals surface area contributed by atoms with Crippen molar-refractivity contribution >= 4 is 44.6 Å². The third kappa shape index (κ3) is 3.03. The molecule has 33 heavy (non-hydrogen) atoms. The van der Waals surface area contributed by atoms with Gasteiger partial charge in [0.25, 0.3) is 10.8 Å². The number of benzene rings is 3. The Labute approximate surface area is 197 Å². The van der Waals surface area contributed by atoms with E-state index in [0.29, 0.717) is 22.0 Å². The van der Waals surface area contributed by atoms with E-state index >= 15 is 0 Å². The molecular weight excluding hydrogens is 460 g/mol. The van der Waals surface area contributed by atoms with E-state index in [4.69, 9.17) is 11.6 Å². The van der Waals surface area contributed by atoms with Gasteiger partial charge in [-0.25, -0.2) is 8.42 Å². The molecule has 3 aromatic rings. The standard InChI is InChI=1S/C25H21ClN2O4S/c1-16-7-8-17(2)18(13-16)14-27-22-6-4-3-5-21(22)25(24(27)30)28(23(29)15-33(25,31)32)20-11-9-19(26)10-12-20/h3-13H,14-15H2,1-2H3/t25-/m0/s1. The Bertz CT molecular complexity index is 1420. The number of anilines is 2. The zero-order chi connectivity index (χ0) is 23.5. The molecule has 168 valence electrons. The molecule has 0 radical (unpaired) electrons. The van der Waals surface area contributed by atoms with Crippen molar-refractivity contribution in [2.75, 3.05) is 15.6 Å². The number of hydrogen-bond acceptors (Lipinski definition) is 4. The van der Waals surface area contributed by atoms with E-state index < -0.39 is 32.3 Å². The molecule has 1 fully saturated rings. The van der Waals surface area contributed by atoms with Gasteiger partial charge in [-0.2, -0.15) is 0 Å². The third-order valence-electron chi connectivity index (χ3n) is 6.34. The van der Waals surface area contributed by atoms with E-state index in [0.717, 1.165) is 21.6 Å². The van der Waals surface area contributed by atoms with Crippen LogP contribution in [-0.2, 0) is 30.8 Å². The van der Waals surface area contributed by atoms with Crippen molar-refractivity contribution in [1.29, 1.82) is 0 Å². The number of para-hydroxylation sites is 1. The molecule has 2 aliphatic rings. The number of fused-ring (bicyclic) bond motifs is 2. The fraction of sp³-hybridized carbons (Fsp3) is 0.200. The maximum atomic E-state index is 14.1. The molecule has 0 bridgehead atoms. The molecule has 6 nitrogen and oxygen atoms in total. The van der Waals surface area contributed by atoms with Gasteiger partial charge in [0, 0.05) is 16.3 Å². The van der Waals surface area contributed by atoms with Crippen molar-refractivity contribution in [3.8, 4) is 0 Å². The van der Waals surface area contributed by atoms with E-state index in [1.165, 1.54) is 4.90 Å². The van der Waals surface area contributed by atoms with Crippen molar-refractivity contribution in [2.24, 2.45) is 0 Å². The van der Waals surface area contributed by atoms with E-state index in [9.17, 15) is 18.0 Å². The normalized spacial score (nSPS) is 21.2. The number of carbonyl (C=O) groups excluding carboxylic acids is 2. The van der Waals surface area contributed by atoms with Crippen LogP contribution in [-0.4, -0.2) is 26.0 Å². The third-order valence-corrected chi connectivity index (χ3v) is 8.70. The van der Waals surface area contributed by atoms with Gasteiger partial charge in [0.1, 0.15) is 5.75 Å². The van der Waals surface area contributed by atoms with E-state index in [2.05, 4.69) is 0 Å². The number of amides is 2. The summed E-state index contributed by atoms with van der Waals surface area (Å²) in [6.07, 6.45) is 0.